The summed E-state index contributed by atoms with van der Waals surface area (Å²) >= 11 is 0. The van der Waals surface area contributed by atoms with Gasteiger partial charge in [-0.25, -0.2) is 0 Å². The van der Waals surface area contributed by atoms with Crippen LogP contribution in [0.5, 0.6) is 11.5 Å². The van der Waals surface area contributed by atoms with Gasteiger partial charge in [-0.05, 0) is 44.4 Å². The Morgan fingerprint density at radius 1 is 1.03 bits per heavy atom. The van der Waals surface area contributed by atoms with Gasteiger partial charge < -0.3 is 19.3 Å². The van der Waals surface area contributed by atoms with Gasteiger partial charge in [-0.1, -0.05) is 12.1 Å². The number of hydrogen-bond acceptors (Lipinski definition) is 6. The lowest BCUT2D eigenvalue weighted by Crippen LogP contribution is -2.42. The van der Waals surface area contributed by atoms with Crippen LogP contribution in [0.3, 0.4) is 0 Å². The predicted molar refractivity (Wildman–Crippen MR) is 126 cm³/mol. The Bertz CT molecular complexity index is 982. The van der Waals surface area contributed by atoms with Crippen molar-refractivity contribution in [3.8, 4) is 11.5 Å². The third-order valence-corrected chi connectivity index (χ3v) is 6.29. The van der Waals surface area contributed by atoms with E-state index in [1.54, 1.807) is 11.0 Å². The molecular weight excluding hydrogens is 422 g/mol. The predicted octanol–water partition coefficient (Wildman–Crippen LogP) is 4.67. The molecule has 8 nitrogen and oxygen atoms in total. The lowest BCUT2D eigenvalue weighted by molar-refractivity contribution is -0.384. The van der Waals surface area contributed by atoms with Crippen LogP contribution >= 0.6 is 0 Å². The summed E-state index contributed by atoms with van der Waals surface area (Å²) in [6.07, 6.45) is 4.68. The van der Waals surface area contributed by atoms with Crippen LogP contribution in [0.4, 0.5) is 11.4 Å². The summed E-state index contributed by atoms with van der Waals surface area (Å²) in [7, 11) is 0. The third-order valence-electron chi connectivity index (χ3n) is 6.29. The quantitative estimate of drug-likeness (QED) is 0.447. The Kier molecular flexibility index (Phi) is 7.32. The maximum absolute atomic E-state index is 13.5. The molecule has 2 aliphatic rings. The van der Waals surface area contributed by atoms with Crippen LogP contribution in [0, 0.1) is 10.1 Å². The zero-order valence-electron chi connectivity index (χ0n) is 19.1. The number of hydrogen-bond donors (Lipinski definition) is 0. The van der Waals surface area contributed by atoms with Crippen molar-refractivity contribution in [1.82, 2.24) is 4.90 Å². The number of nitro groups is 1. The number of ether oxygens (including phenoxy) is 2. The summed E-state index contributed by atoms with van der Waals surface area (Å²) in [5.41, 5.74) is 1.17. The van der Waals surface area contributed by atoms with Gasteiger partial charge in [0.1, 0.15) is 6.10 Å². The van der Waals surface area contributed by atoms with Crippen LogP contribution in [-0.2, 0) is 0 Å². The molecule has 8 heteroatoms. The number of non-ortho nitro benzene ring substituents is 1. The minimum Gasteiger partial charge on any atom is -0.490 e. The van der Waals surface area contributed by atoms with Gasteiger partial charge in [-0.2, -0.15) is 0 Å². The van der Waals surface area contributed by atoms with Gasteiger partial charge >= 0.3 is 0 Å². The van der Waals surface area contributed by atoms with Crippen molar-refractivity contribution in [3.63, 3.8) is 0 Å². The number of amides is 1. The first kappa shape index (κ1) is 22.9. The van der Waals surface area contributed by atoms with Crippen molar-refractivity contribution in [2.75, 3.05) is 37.7 Å². The molecule has 0 aromatic heterocycles. The number of nitrogens with zero attached hydrogens (tertiary/aromatic N) is 3. The van der Waals surface area contributed by atoms with Crippen LogP contribution in [0.15, 0.2) is 42.5 Å². The van der Waals surface area contributed by atoms with Gasteiger partial charge in [0.2, 0.25) is 0 Å². The van der Waals surface area contributed by atoms with E-state index in [0.29, 0.717) is 38.1 Å². The molecular formula is C25H31N3O5. The fraction of sp³-hybridized carbons (Fsp3) is 0.480. The van der Waals surface area contributed by atoms with Crippen LogP contribution < -0.4 is 14.4 Å². The summed E-state index contributed by atoms with van der Waals surface area (Å²) in [4.78, 5) is 28.4. The number of carbonyl (C=O) groups is 1. The van der Waals surface area contributed by atoms with E-state index in [1.165, 1.54) is 18.6 Å². The Balaban J connectivity index is 1.46. The molecule has 176 valence electrons. The minimum atomic E-state index is -0.438. The second kappa shape index (κ2) is 10.6. The maximum Gasteiger partial charge on any atom is 0.270 e. The number of likely N-dealkylation sites (tertiary alicyclic amines) is 1. The smallest absolute Gasteiger partial charge is 0.270 e. The van der Waals surface area contributed by atoms with Crippen molar-refractivity contribution < 1.29 is 19.2 Å². The molecule has 33 heavy (non-hydrogen) atoms. The molecule has 0 unspecified atom stereocenters. The Morgan fingerprint density at radius 2 is 1.73 bits per heavy atom. The largest absolute Gasteiger partial charge is 0.490 e. The molecule has 2 aliphatic heterocycles. The molecule has 0 radical (unpaired) electrons. The molecule has 2 aromatic rings. The summed E-state index contributed by atoms with van der Waals surface area (Å²) in [6.45, 7) is 5.33. The van der Waals surface area contributed by atoms with E-state index >= 15 is 0 Å². The summed E-state index contributed by atoms with van der Waals surface area (Å²) in [5.74, 6) is 1.30. The number of rotatable bonds is 7. The fourth-order valence-electron chi connectivity index (χ4n) is 4.57. The lowest BCUT2D eigenvalue weighted by atomic mass is 10.0. The Hall–Kier alpha value is -3.29. The normalized spacial score (nSPS) is 17.0. The van der Waals surface area contributed by atoms with Crippen LogP contribution in [0.2, 0.25) is 0 Å². The molecule has 4 rings (SSSR count). The highest BCUT2D eigenvalue weighted by Gasteiger charge is 2.29. The second-order valence-electron chi connectivity index (χ2n) is 8.50. The molecule has 2 saturated heterocycles. The van der Waals surface area contributed by atoms with Crippen molar-refractivity contribution in [3.05, 3.63) is 58.1 Å². The fourth-order valence-corrected chi connectivity index (χ4v) is 4.57. The first-order valence-electron chi connectivity index (χ1n) is 11.8. The summed E-state index contributed by atoms with van der Waals surface area (Å²) in [6, 6.07) is 12.3. The number of benzene rings is 2. The summed E-state index contributed by atoms with van der Waals surface area (Å²) in [5, 5.41) is 11.4. The van der Waals surface area contributed by atoms with Crippen LogP contribution in [0.1, 0.15) is 49.4 Å². The molecule has 1 amide bonds. The van der Waals surface area contributed by atoms with Gasteiger partial charge in [0.15, 0.2) is 11.5 Å². The zero-order chi connectivity index (χ0) is 23.2. The standard InChI is InChI=1S/C25H31N3O5/c1-2-32-23-8-4-5-9-24(23)33-20-12-16-27(17-13-20)25(29)21-18-19(28(30)31)10-11-22(21)26-14-6-3-7-15-26/h4-5,8-11,18,20H,2-3,6-7,12-17H2,1H3. The monoisotopic (exact) mass is 453 g/mol. The van der Waals surface area contributed by atoms with E-state index in [9.17, 15) is 14.9 Å². The van der Waals surface area contributed by atoms with Crippen molar-refractivity contribution in [2.45, 2.75) is 45.1 Å². The molecule has 0 atom stereocenters. The van der Waals surface area contributed by atoms with E-state index < -0.39 is 4.92 Å². The highest BCUT2D eigenvalue weighted by molar-refractivity contribution is 6.00. The molecule has 0 bridgehead atoms. The number of anilines is 1. The number of nitro benzene ring substituents is 1. The van der Waals surface area contributed by atoms with E-state index in [4.69, 9.17) is 9.47 Å². The molecule has 2 fully saturated rings. The number of para-hydroxylation sites is 2. The van der Waals surface area contributed by atoms with Gasteiger partial charge in [0.05, 0.1) is 22.8 Å². The number of piperidine rings is 2. The zero-order valence-corrected chi connectivity index (χ0v) is 19.1. The molecule has 0 aliphatic carbocycles. The molecule has 0 spiro atoms. The average molecular weight is 454 g/mol. The second-order valence-corrected chi connectivity index (χ2v) is 8.50. The Labute approximate surface area is 194 Å². The van der Waals surface area contributed by atoms with Crippen LogP contribution in [-0.4, -0.2) is 54.6 Å². The minimum absolute atomic E-state index is 0.0117. The topological polar surface area (TPSA) is 85.1 Å². The van der Waals surface area contributed by atoms with Crippen molar-refractivity contribution in [1.29, 1.82) is 0 Å². The van der Waals surface area contributed by atoms with Gasteiger partial charge in [0.25, 0.3) is 11.6 Å². The average Bonchev–Trinajstić information content (AvgIpc) is 2.85. The summed E-state index contributed by atoms with van der Waals surface area (Å²) < 4.78 is 11.8. The highest BCUT2D eigenvalue weighted by atomic mass is 16.6. The lowest BCUT2D eigenvalue weighted by Gasteiger charge is -2.34. The van der Waals surface area contributed by atoms with E-state index in [0.717, 1.165) is 43.1 Å². The van der Waals surface area contributed by atoms with Gasteiger partial charge in [-0.3, -0.25) is 14.9 Å². The first-order chi connectivity index (χ1) is 16.1. The number of carbonyl (C=O) groups excluding carboxylic acids is 1. The maximum atomic E-state index is 13.5. The van der Waals surface area contributed by atoms with Crippen molar-refractivity contribution in [2.24, 2.45) is 0 Å². The van der Waals surface area contributed by atoms with E-state index in [1.807, 2.05) is 31.2 Å². The third kappa shape index (κ3) is 5.38. The SMILES string of the molecule is CCOc1ccccc1OC1CCN(C(=O)c2cc([N+](=O)[O-])ccc2N2CCCCC2)CC1. The molecule has 0 saturated carbocycles. The first-order valence-corrected chi connectivity index (χ1v) is 11.8. The Morgan fingerprint density at radius 3 is 2.39 bits per heavy atom. The molecule has 2 heterocycles. The van der Waals surface area contributed by atoms with Gasteiger partial charge in [0, 0.05) is 51.2 Å². The van der Waals surface area contributed by atoms with E-state index in [-0.39, 0.29) is 17.7 Å². The van der Waals surface area contributed by atoms with E-state index in [2.05, 4.69) is 4.90 Å². The molecule has 0 N–H and O–H groups in total. The molecule has 2 aromatic carbocycles. The van der Waals surface area contributed by atoms with Crippen LogP contribution in [0.25, 0.3) is 0 Å². The highest BCUT2D eigenvalue weighted by Crippen LogP contribution is 2.32. The van der Waals surface area contributed by atoms with Gasteiger partial charge in [-0.15, -0.1) is 0 Å². The van der Waals surface area contributed by atoms with Crippen molar-refractivity contribution >= 4 is 17.3 Å².